The Morgan fingerprint density at radius 2 is 1.97 bits per heavy atom. The van der Waals surface area contributed by atoms with Gasteiger partial charge in [-0.15, -0.1) is 0 Å². The van der Waals surface area contributed by atoms with E-state index in [4.69, 9.17) is 22.1 Å². The van der Waals surface area contributed by atoms with E-state index < -0.39 is 12.1 Å². The Hall–Kier alpha value is -3.76. The maximum atomic E-state index is 12.3. The highest BCUT2D eigenvalue weighted by Crippen LogP contribution is 2.44. The summed E-state index contributed by atoms with van der Waals surface area (Å²) in [6, 6.07) is 4.98. The van der Waals surface area contributed by atoms with E-state index in [-0.39, 0.29) is 11.7 Å². The number of ether oxygens (including phenoxy) is 1. The zero-order chi connectivity index (χ0) is 27.0. The van der Waals surface area contributed by atoms with Crippen molar-refractivity contribution in [3.05, 3.63) is 58.3 Å². The molecule has 4 aromatic rings. The van der Waals surface area contributed by atoms with Crippen molar-refractivity contribution in [2.45, 2.75) is 39.8 Å². The number of halogens is 1. The van der Waals surface area contributed by atoms with Crippen molar-refractivity contribution in [2.24, 2.45) is 0 Å². The van der Waals surface area contributed by atoms with Crippen molar-refractivity contribution >= 4 is 34.4 Å². The molecule has 3 heterocycles. The van der Waals surface area contributed by atoms with Crippen LogP contribution in [-0.2, 0) is 0 Å². The minimum absolute atomic E-state index is 0.186. The molecule has 1 aromatic carbocycles. The first-order valence-corrected chi connectivity index (χ1v) is 12.2. The van der Waals surface area contributed by atoms with Gasteiger partial charge in [-0.25, -0.2) is 14.6 Å². The molecule has 2 atom stereocenters. The number of nitrogen functional groups attached to an aromatic ring is 1. The van der Waals surface area contributed by atoms with Crippen molar-refractivity contribution in [2.75, 3.05) is 26.4 Å². The topological polar surface area (TPSA) is 132 Å². The van der Waals surface area contributed by atoms with Crippen LogP contribution >= 0.6 is 11.6 Å². The van der Waals surface area contributed by atoms with Crippen molar-refractivity contribution in [1.82, 2.24) is 29.6 Å². The van der Waals surface area contributed by atoms with Crippen LogP contribution in [-0.4, -0.2) is 61.3 Å². The number of aliphatic hydroxyl groups is 1. The number of hydrogen-bond acceptors (Lipinski definition) is 8. The van der Waals surface area contributed by atoms with Crippen molar-refractivity contribution in [3.8, 4) is 16.9 Å². The molecule has 0 aliphatic carbocycles. The third kappa shape index (κ3) is 4.70. The predicted octanol–water partition coefficient (Wildman–Crippen LogP) is 4.20. The van der Waals surface area contributed by atoms with E-state index in [2.05, 4.69) is 20.1 Å². The van der Waals surface area contributed by atoms with Gasteiger partial charge in [0.2, 0.25) is 0 Å². The molecule has 3 aromatic heterocycles. The number of rotatable bonds is 7. The SMILES string of the molecule is CCOc1c(C(C)n2nc([C@@H](C)O)c3c(N)ncnc32)cc(Cl)c(C)c1-c1ccc(C(=O)N(C)C)nc1. The molecule has 194 valence electrons. The minimum Gasteiger partial charge on any atom is -0.493 e. The lowest BCUT2D eigenvalue weighted by Gasteiger charge is -2.23. The van der Waals surface area contributed by atoms with Gasteiger partial charge in [-0.3, -0.25) is 9.78 Å². The highest BCUT2D eigenvalue weighted by molar-refractivity contribution is 6.32. The number of carbonyl (C=O) groups excluding carboxylic acids is 1. The molecule has 0 radical (unpaired) electrons. The normalized spacial score (nSPS) is 13.0. The molecular weight excluding hydrogens is 494 g/mol. The lowest BCUT2D eigenvalue weighted by Crippen LogP contribution is -2.22. The lowest BCUT2D eigenvalue weighted by molar-refractivity contribution is 0.0822. The van der Waals surface area contributed by atoms with Gasteiger partial charge < -0.3 is 20.5 Å². The minimum atomic E-state index is -0.873. The second kappa shape index (κ2) is 10.3. The molecule has 0 aliphatic rings. The maximum absolute atomic E-state index is 12.3. The summed E-state index contributed by atoms with van der Waals surface area (Å²) in [5.41, 5.74) is 10.5. The Kier molecular flexibility index (Phi) is 7.33. The lowest BCUT2D eigenvalue weighted by atomic mass is 9.94. The monoisotopic (exact) mass is 523 g/mol. The molecular formula is C26H30ClN7O3. The van der Waals surface area contributed by atoms with Crippen LogP contribution in [0.1, 0.15) is 60.2 Å². The van der Waals surface area contributed by atoms with Crippen LogP contribution in [0.5, 0.6) is 5.75 Å². The van der Waals surface area contributed by atoms with Crippen LogP contribution in [0.4, 0.5) is 5.82 Å². The van der Waals surface area contributed by atoms with Gasteiger partial charge in [-0.05, 0) is 45.4 Å². The van der Waals surface area contributed by atoms with E-state index in [1.165, 1.54) is 11.2 Å². The Balaban J connectivity index is 1.92. The van der Waals surface area contributed by atoms with Crippen LogP contribution < -0.4 is 10.5 Å². The first-order chi connectivity index (χ1) is 17.6. The number of aliphatic hydroxyl groups excluding tert-OH is 1. The Morgan fingerprint density at radius 1 is 1.24 bits per heavy atom. The van der Waals surface area contributed by atoms with Gasteiger partial charge in [-0.2, -0.15) is 5.10 Å². The Morgan fingerprint density at radius 3 is 2.57 bits per heavy atom. The van der Waals surface area contributed by atoms with E-state index >= 15 is 0 Å². The number of nitrogens with zero attached hydrogens (tertiary/aromatic N) is 6. The van der Waals surface area contributed by atoms with Crippen LogP contribution in [0.25, 0.3) is 22.2 Å². The van der Waals surface area contributed by atoms with Gasteiger partial charge >= 0.3 is 0 Å². The number of benzene rings is 1. The molecule has 1 unspecified atom stereocenters. The summed E-state index contributed by atoms with van der Waals surface area (Å²) in [5, 5.41) is 16.1. The number of aromatic nitrogens is 5. The summed E-state index contributed by atoms with van der Waals surface area (Å²) in [7, 11) is 3.36. The van der Waals surface area contributed by atoms with Crippen LogP contribution in [0.15, 0.2) is 30.7 Å². The highest BCUT2D eigenvalue weighted by atomic mass is 35.5. The Labute approximate surface area is 220 Å². The number of pyridine rings is 1. The van der Waals surface area contributed by atoms with Gasteiger partial charge in [0.15, 0.2) is 5.65 Å². The number of anilines is 1. The number of carbonyl (C=O) groups is 1. The first kappa shape index (κ1) is 26.3. The first-order valence-electron chi connectivity index (χ1n) is 11.9. The summed E-state index contributed by atoms with van der Waals surface area (Å²) >= 11 is 6.74. The maximum Gasteiger partial charge on any atom is 0.271 e. The fourth-order valence-electron chi connectivity index (χ4n) is 4.32. The fraction of sp³-hybridized carbons (Fsp3) is 0.346. The summed E-state index contributed by atoms with van der Waals surface area (Å²) < 4.78 is 7.89. The molecule has 3 N–H and O–H groups in total. The largest absolute Gasteiger partial charge is 0.493 e. The van der Waals surface area contributed by atoms with Gasteiger partial charge in [0.1, 0.15) is 29.3 Å². The van der Waals surface area contributed by atoms with Crippen molar-refractivity contribution in [1.29, 1.82) is 0 Å². The molecule has 0 saturated carbocycles. The standard InChI is InChI=1S/C26H30ClN7O3/c1-7-37-23-17(14(3)34-25-21(22(32-34)15(4)35)24(28)30-12-31-25)10-18(27)13(2)20(23)16-8-9-19(29-11-16)26(36)33(5)6/h8-12,14-15,35H,7H2,1-6H3,(H2,28,30,31)/t14?,15-/m1/s1. The molecule has 0 fully saturated rings. The quantitative estimate of drug-likeness (QED) is 0.368. The molecule has 4 rings (SSSR count). The number of nitrogens with two attached hydrogens (primary N) is 1. The smallest absolute Gasteiger partial charge is 0.271 e. The third-order valence-corrected chi connectivity index (χ3v) is 6.62. The number of amides is 1. The van der Waals surface area contributed by atoms with Crippen LogP contribution in [0.3, 0.4) is 0 Å². The molecule has 0 aliphatic heterocycles. The highest BCUT2D eigenvalue weighted by Gasteiger charge is 2.27. The van der Waals surface area contributed by atoms with E-state index in [1.807, 2.05) is 32.9 Å². The second-order valence-corrected chi connectivity index (χ2v) is 9.39. The number of fused-ring (bicyclic) bond motifs is 1. The number of hydrogen-bond donors (Lipinski definition) is 2. The van der Waals surface area contributed by atoms with E-state index in [0.717, 1.165) is 22.3 Å². The molecule has 0 saturated heterocycles. The van der Waals surface area contributed by atoms with Crippen molar-refractivity contribution < 1.29 is 14.6 Å². The summed E-state index contributed by atoms with van der Waals surface area (Å²) in [5.74, 6) is 0.676. The van der Waals surface area contributed by atoms with Crippen molar-refractivity contribution in [3.63, 3.8) is 0 Å². The molecule has 1 amide bonds. The van der Waals surface area contributed by atoms with Gasteiger partial charge in [0, 0.05) is 42.0 Å². The summed E-state index contributed by atoms with van der Waals surface area (Å²) in [6.45, 7) is 7.79. The van der Waals surface area contributed by atoms with E-state index in [1.54, 1.807) is 38.0 Å². The zero-order valence-corrected chi connectivity index (χ0v) is 22.4. The van der Waals surface area contributed by atoms with Crippen LogP contribution in [0, 0.1) is 6.92 Å². The van der Waals surface area contributed by atoms with Gasteiger partial charge in [-0.1, -0.05) is 17.7 Å². The third-order valence-electron chi connectivity index (χ3n) is 6.23. The molecule has 0 spiro atoms. The Bertz CT molecular complexity index is 1470. The van der Waals surface area contributed by atoms with Gasteiger partial charge in [0.25, 0.3) is 5.91 Å². The molecule has 11 heteroatoms. The summed E-state index contributed by atoms with van der Waals surface area (Å²) in [4.78, 5) is 26.7. The van der Waals surface area contributed by atoms with Gasteiger partial charge in [0.05, 0.1) is 24.1 Å². The molecule has 10 nitrogen and oxygen atoms in total. The fourth-order valence-corrected chi connectivity index (χ4v) is 4.53. The molecule has 37 heavy (non-hydrogen) atoms. The molecule has 0 bridgehead atoms. The van der Waals surface area contributed by atoms with E-state index in [9.17, 15) is 9.90 Å². The zero-order valence-electron chi connectivity index (χ0n) is 21.7. The second-order valence-electron chi connectivity index (χ2n) is 8.98. The average Bonchev–Trinajstić information content (AvgIpc) is 3.27. The predicted molar refractivity (Wildman–Crippen MR) is 143 cm³/mol. The van der Waals surface area contributed by atoms with Crippen LogP contribution in [0.2, 0.25) is 5.02 Å². The average molecular weight is 524 g/mol. The summed E-state index contributed by atoms with van der Waals surface area (Å²) in [6.07, 6.45) is 2.14. The van der Waals surface area contributed by atoms with E-state index in [0.29, 0.717) is 39.8 Å².